The average Bonchev–Trinajstić information content (AvgIpc) is 3.05. The summed E-state index contributed by atoms with van der Waals surface area (Å²) in [7, 11) is -1.76. The molecule has 3 rings (SSSR count). The molecule has 2 aromatic carbocycles. The minimum absolute atomic E-state index is 0.121. The fourth-order valence-corrected chi connectivity index (χ4v) is 3.55. The number of hydrogen-bond donors (Lipinski definition) is 1. The summed E-state index contributed by atoms with van der Waals surface area (Å²) in [6.45, 7) is 0. The Bertz CT molecular complexity index is 1130. The molecule has 1 unspecified atom stereocenters. The predicted molar refractivity (Wildman–Crippen MR) is 106 cm³/mol. The Labute approximate surface area is 166 Å². The normalized spacial score (nSPS) is 12.5. The molecule has 3 aromatic rings. The molecule has 0 spiro atoms. The third kappa shape index (κ3) is 4.15. The molecule has 1 heterocycles. The van der Waals surface area contributed by atoms with Crippen molar-refractivity contribution in [3.63, 3.8) is 0 Å². The highest BCUT2D eigenvalue weighted by Crippen LogP contribution is 2.33. The van der Waals surface area contributed by atoms with Crippen LogP contribution < -0.4 is 5.32 Å². The molecule has 0 amide bonds. The van der Waals surface area contributed by atoms with E-state index < -0.39 is 20.8 Å². The van der Waals surface area contributed by atoms with Crippen molar-refractivity contribution < 1.29 is 13.3 Å². The first-order chi connectivity index (χ1) is 13.2. The van der Waals surface area contributed by atoms with Crippen molar-refractivity contribution in [2.75, 3.05) is 11.6 Å². The van der Waals surface area contributed by atoms with Crippen LogP contribution in [0, 0.1) is 10.1 Å². The van der Waals surface area contributed by atoms with Gasteiger partial charge in [-0.3, -0.25) is 10.1 Å². The number of halogens is 1. The molecule has 8 nitrogen and oxygen atoms in total. The van der Waals surface area contributed by atoms with Crippen molar-refractivity contribution >= 4 is 32.8 Å². The van der Waals surface area contributed by atoms with Gasteiger partial charge in [0.15, 0.2) is 9.84 Å². The van der Waals surface area contributed by atoms with Crippen molar-refractivity contribution in [3.05, 3.63) is 81.4 Å². The average molecular weight is 421 g/mol. The highest BCUT2D eigenvalue weighted by Gasteiger charge is 2.24. The lowest BCUT2D eigenvalue weighted by atomic mass is 10.1. The van der Waals surface area contributed by atoms with Crippen LogP contribution in [0.4, 0.5) is 11.4 Å². The molecule has 1 atom stereocenters. The van der Waals surface area contributed by atoms with Gasteiger partial charge in [-0.2, -0.15) is 0 Å². The summed E-state index contributed by atoms with van der Waals surface area (Å²) in [5.74, 6) is 0.629. The molecule has 0 aliphatic rings. The van der Waals surface area contributed by atoms with Crippen molar-refractivity contribution in [2.24, 2.45) is 7.05 Å². The van der Waals surface area contributed by atoms with Crippen molar-refractivity contribution in [1.82, 2.24) is 9.55 Å². The smallest absolute Gasteiger partial charge is 0.293 e. The van der Waals surface area contributed by atoms with E-state index in [0.717, 1.165) is 17.9 Å². The van der Waals surface area contributed by atoms with Gasteiger partial charge in [0.25, 0.3) is 5.69 Å². The van der Waals surface area contributed by atoms with E-state index in [-0.39, 0.29) is 16.3 Å². The molecule has 0 saturated heterocycles. The van der Waals surface area contributed by atoms with Crippen LogP contribution in [0.2, 0.25) is 5.02 Å². The lowest BCUT2D eigenvalue weighted by molar-refractivity contribution is -0.384. The molecular formula is C18H17ClN4O4S. The number of sulfone groups is 1. The fourth-order valence-electron chi connectivity index (χ4n) is 2.78. The SMILES string of the molecule is Cn1ccnc1C(Nc1ccc(S(C)(=O)=O)cc1[N+](=O)[O-])c1ccc(Cl)cc1. The van der Waals surface area contributed by atoms with Crippen molar-refractivity contribution in [1.29, 1.82) is 0 Å². The second kappa shape index (κ2) is 7.61. The fraction of sp³-hybridized carbons (Fsp3) is 0.167. The molecule has 0 fully saturated rings. The van der Waals surface area contributed by atoms with E-state index in [2.05, 4.69) is 10.3 Å². The summed E-state index contributed by atoms with van der Waals surface area (Å²) in [6, 6.07) is 10.3. The van der Waals surface area contributed by atoms with Gasteiger partial charge < -0.3 is 9.88 Å². The number of hydrogen-bond acceptors (Lipinski definition) is 6. The zero-order valence-corrected chi connectivity index (χ0v) is 16.6. The standard InChI is InChI=1S/C18H17ClN4O4S/c1-22-10-9-20-18(22)17(12-3-5-13(19)6-4-12)21-15-8-7-14(28(2,26)27)11-16(15)23(24)25/h3-11,17,21H,1-2H3. The van der Waals surface area contributed by atoms with Crippen LogP contribution in [-0.4, -0.2) is 29.1 Å². The topological polar surface area (TPSA) is 107 Å². The van der Waals surface area contributed by atoms with E-state index in [9.17, 15) is 18.5 Å². The Morgan fingerprint density at radius 2 is 1.89 bits per heavy atom. The van der Waals surface area contributed by atoms with E-state index in [0.29, 0.717) is 10.8 Å². The summed E-state index contributed by atoms with van der Waals surface area (Å²) in [6.07, 6.45) is 4.39. The minimum atomic E-state index is -3.57. The molecular weight excluding hydrogens is 404 g/mol. The lowest BCUT2D eigenvalue weighted by Crippen LogP contribution is -2.17. The van der Waals surface area contributed by atoms with Crippen LogP contribution in [-0.2, 0) is 16.9 Å². The molecule has 0 aliphatic heterocycles. The maximum Gasteiger partial charge on any atom is 0.293 e. The van der Waals surface area contributed by atoms with Crippen LogP contribution in [0.3, 0.4) is 0 Å². The maximum atomic E-state index is 11.8. The van der Waals surface area contributed by atoms with Crippen LogP contribution in [0.15, 0.2) is 59.8 Å². The number of imidazole rings is 1. The Morgan fingerprint density at radius 1 is 1.21 bits per heavy atom. The van der Waals surface area contributed by atoms with Crippen LogP contribution >= 0.6 is 11.6 Å². The number of aromatic nitrogens is 2. The Morgan fingerprint density at radius 3 is 2.43 bits per heavy atom. The van der Waals surface area contributed by atoms with Crippen LogP contribution in [0.25, 0.3) is 0 Å². The number of nitro benzene ring substituents is 1. The number of benzene rings is 2. The number of nitro groups is 1. The van der Waals surface area contributed by atoms with Crippen molar-refractivity contribution in [3.8, 4) is 0 Å². The predicted octanol–water partition coefficient (Wildman–Crippen LogP) is 3.59. The third-order valence-corrected chi connectivity index (χ3v) is 5.58. The van der Waals surface area contributed by atoms with Gasteiger partial charge >= 0.3 is 0 Å². The molecule has 146 valence electrons. The monoisotopic (exact) mass is 420 g/mol. The largest absolute Gasteiger partial charge is 0.366 e. The van der Waals surface area contributed by atoms with Gasteiger partial charge in [0.05, 0.1) is 9.82 Å². The van der Waals surface area contributed by atoms with Gasteiger partial charge in [-0.1, -0.05) is 23.7 Å². The van der Waals surface area contributed by atoms with Gasteiger partial charge in [-0.25, -0.2) is 13.4 Å². The summed E-state index contributed by atoms with van der Waals surface area (Å²) >= 11 is 5.97. The highest BCUT2D eigenvalue weighted by atomic mass is 35.5. The number of nitrogens with one attached hydrogen (secondary N) is 1. The summed E-state index contributed by atoms with van der Waals surface area (Å²) in [5.41, 5.74) is 0.636. The molecule has 0 saturated carbocycles. The third-order valence-electron chi connectivity index (χ3n) is 4.21. The van der Waals surface area contributed by atoms with Gasteiger partial charge in [0.1, 0.15) is 17.6 Å². The number of nitrogens with zero attached hydrogens (tertiary/aromatic N) is 3. The Kier molecular flexibility index (Phi) is 5.39. The highest BCUT2D eigenvalue weighted by molar-refractivity contribution is 7.90. The first-order valence-corrected chi connectivity index (χ1v) is 10.4. The molecule has 0 radical (unpaired) electrons. The zero-order chi connectivity index (χ0) is 20.5. The second-order valence-electron chi connectivity index (χ2n) is 6.23. The number of anilines is 1. The van der Waals surface area contributed by atoms with E-state index >= 15 is 0 Å². The van der Waals surface area contributed by atoms with Gasteiger partial charge in [-0.15, -0.1) is 0 Å². The minimum Gasteiger partial charge on any atom is -0.366 e. The lowest BCUT2D eigenvalue weighted by Gasteiger charge is -2.20. The van der Waals surface area contributed by atoms with E-state index in [1.165, 1.54) is 12.1 Å². The van der Waals surface area contributed by atoms with Gasteiger partial charge in [-0.05, 0) is 29.8 Å². The van der Waals surface area contributed by atoms with E-state index in [1.54, 1.807) is 41.2 Å². The quantitative estimate of drug-likeness (QED) is 0.482. The molecule has 1 N–H and O–H groups in total. The summed E-state index contributed by atoms with van der Waals surface area (Å²) in [5, 5.41) is 15.2. The molecule has 28 heavy (non-hydrogen) atoms. The molecule has 0 bridgehead atoms. The second-order valence-corrected chi connectivity index (χ2v) is 8.69. The first-order valence-electron chi connectivity index (χ1n) is 8.14. The van der Waals surface area contributed by atoms with E-state index in [4.69, 9.17) is 11.6 Å². The zero-order valence-electron chi connectivity index (χ0n) is 15.0. The Hall–Kier alpha value is -2.91. The van der Waals surface area contributed by atoms with E-state index in [1.807, 2.05) is 7.05 Å². The van der Waals surface area contributed by atoms with Crippen LogP contribution in [0.1, 0.15) is 17.4 Å². The Balaban J connectivity index is 2.10. The van der Waals surface area contributed by atoms with Gasteiger partial charge in [0.2, 0.25) is 0 Å². The summed E-state index contributed by atoms with van der Waals surface area (Å²) in [4.78, 5) is 15.2. The van der Waals surface area contributed by atoms with Crippen LogP contribution in [0.5, 0.6) is 0 Å². The first kappa shape index (κ1) is 19.8. The number of aryl methyl sites for hydroxylation is 1. The molecule has 10 heteroatoms. The summed E-state index contributed by atoms with van der Waals surface area (Å²) < 4.78 is 25.3. The molecule has 1 aromatic heterocycles. The molecule has 0 aliphatic carbocycles. The maximum absolute atomic E-state index is 11.8. The van der Waals surface area contributed by atoms with Crippen molar-refractivity contribution in [2.45, 2.75) is 10.9 Å². The number of rotatable bonds is 6. The van der Waals surface area contributed by atoms with Gasteiger partial charge in [0, 0.05) is 36.8 Å².